The SMILES string of the molecule is CC(C)(C)N1CCC(NC(=O)c2cccc(-c3ccc(OC(F)(F)F)cc3)c2)CC1. The van der Waals surface area contributed by atoms with Crippen LogP contribution < -0.4 is 10.1 Å². The number of benzene rings is 2. The number of carbonyl (C=O) groups is 1. The zero-order valence-electron chi connectivity index (χ0n) is 17.4. The van der Waals surface area contributed by atoms with Crippen molar-refractivity contribution in [2.45, 2.75) is 51.6 Å². The molecule has 1 aliphatic rings. The van der Waals surface area contributed by atoms with E-state index in [1.54, 1.807) is 30.3 Å². The first-order valence-electron chi connectivity index (χ1n) is 10.0. The fourth-order valence-electron chi connectivity index (χ4n) is 3.65. The van der Waals surface area contributed by atoms with E-state index >= 15 is 0 Å². The highest BCUT2D eigenvalue weighted by Crippen LogP contribution is 2.27. The number of piperidine rings is 1. The van der Waals surface area contributed by atoms with Crippen molar-refractivity contribution in [3.05, 3.63) is 54.1 Å². The van der Waals surface area contributed by atoms with Crippen molar-refractivity contribution in [1.82, 2.24) is 10.2 Å². The quantitative estimate of drug-likeness (QED) is 0.735. The van der Waals surface area contributed by atoms with Gasteiger partial charge in [0.15, 0.2) is 0 Å². The summed E-state index contributed by atoms with van der Waals surface area (Å²) >= 11 is 0. The fourth-order valence-corrected chi connectivity index (χ4v) is 3.65. The van der Waals surface area contributed by atoms with Gasteiger partial charge in [0.1, 0.15) is 5.75 Å². The molecule has 0 radical (unpaired) electrons. The van der Waals surface area contributed by atoms with Gasteiger partial charge in [-0.05, 0) is 69.0 Å². The van der Waals surface area contributed by atoms with Gasteiger partial charge in [0.25, 0.3) is 5.91 Å². The lowest BCUT2D eigenvalue weighted by atomic mass is 9.97. The first-order valence-corrected chi connectivity index (χ1v) is 10.0. The molecule has 2 aromatic carbocycles. The van der Waals surface area contributed by atoms with E-state index in [4.69, 9.17) is 0 Å². The summed E-state index contributed by atoms with van der Waals surface area (Å²) in [4.78, 5) is 15.1. The lowest BCUT2D eigenvalue weighted by Gasteiger charge is -2.41. The number of rotatable bonds is 4. The Morgan fingerprint density at radius 1 is 1.00 bits per heavy atom. The van der Waals surface area contributed by atoms with E-state index in [1.165, 1.54) is 12.1 Å². The van der Waals surface area contributed by atoms with Crippen molar-refractivity contribution in [2.24, 2.45) is 0 Å². The third-order valence-electron chi connectivity index (χ3n) is 5.32. The molecule has 3 rings (SSSR count). The molecule has 1 N–H and O–H groups in total. The lowest BCUT2D eigenvalue weighted by Crippen LogP contribution is -2.50. The molecule has 0 saturated carbocycles. The first-order chi connectivity index (χ1) is 14.0. The number of halogens is 3. The molecule has 0 bridgehead atoms. The normalized spacial score (nSPS) is 16.3. The average molecular weight is 420 g/mol. The first kappa shape index (κ1) is 22.2. The Labute approximate surface area is 175 Å². The largest absolute Gasteiger partial charge is 0.573 e. The minimum Gasteiger partial charge on any atom is -0.406 e. The highest BCUT2D eigenvalue weighted by molar-refractivity contribution is 5.95. The van der Waals surface area contributed by atoms with Crippen LogP contribution in [0.4, 0.5) is 13.2 Å². The summed E-state index contributed by atoms with van der Waals surface area (Å²) in [7, 11) is 0. The Kier molecular flexibility index (Phi) is 6.41. The van der Waals surface area contributed by atoms with E-state index in [-0.39, 0.29) is 23.2 Å². The number of amides is 1. The summed E-state index contributed by atoms with van der Waals surface area (Å²) < 4.78 is 40.8. The van der Waals surface area contributed by atoms with Gasteiger partial charge < -0.3 is 10.1 Å². The number of likely N-dealkylation sites (tertiary alicyclic amines) is 1. The van der Waals surface area contributed by atoms with E-state index in [2.05, 4.69) is 35.7 Å². The van der Waals surface area contributed by atoms with Gasteiger partial charge in [-0.25, -0.2) is 0 Å². The van der Waals surface area contributed by atoms with Crippen LogP contribution >= 0.6 is 0 Å². The van der Waals surface area contributed by atoms with Gasteiger partial charge in [0, 0.05) is 30.2 Å². The third kappa shape index (κ3) is 5.98. The molecular formula is C23H27F3N2O2. The highest BCUT2D eigenvalue weighted by Gasteiger charge is 2.31. The molecule has 4 nitrogen and oxygen atoms in total. The second-order valence-electron chi connectivity index (χ2n) is 8.56. The van der Waals surface area contributed by atoms with E-state index in [0.29, 0.717) is 11.1 Å². The summed E-state index contributed by atoms with van der Waals surface area (Å²) in [5.41, 5.74) is 2.12. The third-order valence-corrected chi connectivity index (χ3v) is 5.32. The Hall–Kier alpha value is -2.54. The second kappa shape index (κ2) is 8.68. The molecule has 1 heterocycles. The van der Waals surface area contributed by atoms with Crippen molar-refractivity contribution >= 4 is 5.91 Å². The average Bonchev–Trinajstić information content (AvgIpc) is 2.67. The molecule has 30 heavy (non-hydrogen) atoms. The molecule has 162 valence electrons. The van der Waals surface area contributed by atoms with Crippen molar-refractivity contribution < 1.29 is 22.7 Å². The standard InChI is InChI=1S/C23H27F3N2O2/c1-22(2,3)28-13-11-19(12-14-28)27-21(29)18-6-4-5-17(15-18)16-7-9-20(10-8-16)30-23(24,25)26/h4-10,15,19H,11-14H2,1-3H3,(H,27,29). The Morgan fingerprint density at radius 3 is 2.20 bits per heavy atom. The summed E-state index contributed by atoms with van der Waals surface area (Å²) in [6.45, 7) is 8.47. The number of hydrogen-bond acceptors (Lipinski definition) is 3. The van der Waals surface area contributed by atoms with Gasteiger partial charge >= 0.3 is 6.36 Å². The zero-order valence-corrected chi connectivity index (χ0v) is 17.4. The summed E-state index contributed by atoms with van der Waals surface area (Å²) in [6, 6.07) is 12.8. The summed E-state index contributed by atoms with van der Waals surface area (Å²) in [5.74, 6) is -0.412. The number of ether oxygens (including phenoxy) is 1. The molecule has 1 aliphatic heterocycles. The van der Waals surface area contributed by atoms with Gasteiger partial charge in [-0.2, -0.15) is 0 Å². The minimum atomic E-state index is -4.72. The molecule has 1 fully saturated rings. The van der Waals surface area contributed by atoms with Gasteiger partial charge in [-0.1, -0.05) is 24.3 Å². The maximum Gasteiger partial charge on any atom is 0.573 e. The maximum atomic E-state index is 12.7. The predicted molar refractivity (Wildman–Crippen MR) is 110 cm³/mol. The molecule has 0 unspecified atom stereocenters. The van der Waals surface area contributed by atoms with Crippen LogP contribution in [0, 0.1) is 0 Å². The second-order valence-corrected chi connectivity index (χ2v) is 8.56. The van der Waals surface area contributed by atoms with Gasteiger partial charge in [0.2, 0.25) is 0 Å². The molecule has 1 amide bonds. The molecule has 7 heteroatoms. The van der Waals surface area contributed by atoms with Crippen LogP contribution in [0.1, 0.15) is 44.0 Å². The number of carbonyl (C=O) groups excluding carboxylic acids is 1. The molecule has 0 aliphatic carbocycles. The summed E-state index contributed by atoms with van der Waals surface area (Å²) in [6.07, 6.45) is -2.91. The van der Waals surface area contributed by atoms with E-state index in [1.807, 2.05) is 6.07 Å². The summed E-state index contributed by atoms with van der Waals surface area (Å²) in [5, 5.41) is 3.11. The van der Waals surface area contributed by atoms with Crippen LogP contribution in [0.5, 0.6) is 5.75 Å². The molecular weight excluding hydrogens is 393 g/mol. The van der Waals surface area contributed by atoms with Crippen LogP contribution in [0.2, 0.25) is 0 Å². The number of nitrogens with one attached hydrogen (secondary N) is 1. The minimum absolute atomic E-state index is 0.129. The van der Waals surface area contributed by atoms with Crippen LogP contribution in [0.25, 0.3) is 11.1 Å². The molecule has 0 aromatic heterocycles. The molecule has 0 atom stereocenters. The van der Waals surface area contributed by atoms with Crippen LogP contribution in [0.3, 0.4) is 0 Å². The molecule has 2 aromatic rings. The van der Waals surface area contributed by atoms with Crippen LogP contribution in [-0.2, 0) is 0 Å². The van der Waals surface area contributed by atoms with E-state index in [0.717, 1.165) is 31.5 Å². The topological polar surface area (TPSA) is 41.6 Å². The lowest BCUT2D eigenvalue weighted by molar-refractivity contribution is -0.274. The smallest absolute Gasteiger partial charge is 0.406 e. The van der Waals surface area contributed by atoms with Crippen LogP contribution in [0.15, 0.2) is 48.5 Å². The molecule has 0 spiro atoms. The van der Waals surface area contributed by atoms with Crippen molar-refractivity contribution in [1.29, 1.82) is 0 Å². The van der Waals surface area contributed by atoms with Crippen molar-refractivity contribution in [2.75, 3.05) is 13.1 Å². The van der Waals surface area contributed by atoms with E-state index in [9.17, 15) is 18.0 Å². The van der Waals surface area contributed by atoms with Gasteiger partial charge in [0.05, 0.1) is 0 Å². The van der Waals surface area contributed by atoms with E-state index < -0.39 is 6.36 Å². The van der Waals surface area contributed by atoms with Gasteiger partial charge in [-0.15, -0.1) is 13.2 Å². The van der Waals surface area contributed by atoms with Gasteiger partial charge in [-0.3, -0.25) is 9.69 Å². The Bertz CT molecular complexity index is 865. The predicted octanol–water partition coefficient (Wildman–Crippen LogP) is 5.24. The number of nitrogens with zero attached hydrogens (tertiary/aromatic N) is 1. The number of hydrogen-bond donors (Lipinski definition) is 1. The Balaban J connectivity index is 1.63. The van der Waals surface area contributed by atoms with Crippen molar-refractivity contribution in [3.63, 3.8) is 0 Å². The monoisotopic (exact) mass is 420 g/mol. The zero-order chi connectivity index (χ0) is 21.9. The number of alkyl halides is 3. The van der Waals surface area contributed by atoms with Crippen molar-refractivity contribution in [3.8, 4) is 16.9 Å². The Morgan fingerprint density at radius 2 is 1.63 bits per heavy atom. The fraction of sp³-hybridized carbons (Fsp3) is 0.435. The maximum absolute atomic E-state index is 12.7. The highest BCUT2D eigenvalue weighted by atomic mass is 19.4. The molecule has 1 saturated heterocycles. The van der Waals surface area contributed by atoms with Crippen LogP contribution in [-0.4, -0.2) is 41.8 Å².